The van der Waals surface area contributed by atoms with Gasteiger partial charge >= 0.3 is 0 Å². The molecule has 0 atom stereocenters. The maximum absolute atomic E-state index is 8.67. The third kappa shape index (κ3) is 2.39. The number of aryl methyl sites for hydroxylation is 1. The van der Waals surface area contributed by atoms with Crippen molar-refractivity contribution < 1.29 is 5.21 Å². The van der Waals surface area contributed by atoms with Crippen molar-refractivity contribution in [1.82, 2.24) is 4.57 Å². The molecule has 3 N–H and O–H groups in total. The van der Waals surface area contributed by atoms with Gasteiger partial charge in [0.05, 0.1) is 0 Å². The summed E-state index contributed by atoms with van der Waals surface area (Å²) < 4.78 is 2.18. The minimum atomic E-state index is 0.143. The monoisotopic (exact) mass is 249 g/mol. The van der Waals surface area contributed by atoms with E-state index in [1.807, 2.05) is 30.0 Å². The summed E-state index contributed by atoms with van der Waals surface area (Å²) in [5.74, 6) is 1.21. The number of amidine groups is 1. The summed E-state index contributed by atoms with van der Waals surface area (Å²) in [6.07, 6.45) is 4.16. The predicted molar refractivity (Wildman–Crippen MR) is 72.8 cm³/mol. The van der Waals surface area contributed by atoms with Crippen LogP contribution in [0.3, 0.4) is 0 Å². The lowest BCUT2D eigenvalue weighted by atomic mass is 10.1. The van der Waals surface area contributed by atoms with E-state index in [9.17, 15) is 0 Å². The molecule has 0 saturated carbocycles. The van der Waals surface area contributed by atoms with Gasteiger partial charge in [0.1, 0.15) is 0 Å². The number of benzene rings is 1. The van der Waals surface area contributed by atoms with Crippen LogP contribution < -0.4 is 5.73 Å². The van der Waals surface area contributed by atoms with Crippen LogP contribution in [-0.4, -0.2) is 27.6 Å². The molecule has 0 unspecified atom stereocenters. The highest BCUT2D eigenvalue weighted by molar-refractivity contribution is 7.98. The summed E-state index contributed by atoms with van der Waals surface area (Å²) in [4.78, 5) is 0. The second-order valence-corrected chi connectivity index (χ2v) is 4.75. The molecule has 17 heavy (non-hydrogen) atoms. The smallest absolute Gasteiger partial charge is 0.170 e. The van der Waals surface area contributed by atoms with Crippen molar-refractivity contribution in [3.8, 4) is 0 Å². The van der Waals surface area contributed by atoms with Crippen LogP contribution in [0.2, 0.25) is 0 Å². The maximum Gasteiger partial charge on any atom is 0.170 e. The number of aromatic nitrogens is 1. The van der Waals surface area contributed by atoms with Gasteiger partial charge in [-0.15, -0.1) is 0 Å². The SMILES string of the molecule is CSCCn1ccc2ccc(/C(N)=N/O)cc21. The Hall–Kier alpha value is -1.62. The number of nitrogens with two attached hydrogens (primary N) is 1. The highest BCUT2D eigenvalue weighted by Gasteiger charge is 2.04. The highest BCUT2D eigenvalue weighted by Crippen LogP contribution is 2.18. The first-order valence-electron chi connectivity index (χ1n) is 5.32. The van der Waals surface area contributed by atoms with E-state index in [-0.39, 0.29) is 5.84 Å². The van der Waals surface area contributed by atoms with Crippen molar-refractivity contribution in [1.29, 1.82) is 0 Å². The van der Waals surface area contributed by atoms with Crippen molar-refractivity contribution in [3.63, 3.8) is 0 Å². The van der Waals surface area contributed by atoms with E-state index < -0.39 is 0 Å². The second kappa shape index (κ2) is 5.14. The van der Waals surface area contributed by atoms with Gasteiger partial charge in [-0.1, -0.05) is 17.3 Å². The van der Waals surface area contributed by atoms with Crippen LogP contribution in [0.15, 0.2) is 35.6 Å². The van der Waals surface area contributed by atoms with E-state index in [1.54, 1.807) is 0 Å². The van der Waals surface area contributed by atoms with Crippen LogP contribution in [0.4, 0.5) is 0 Å². The summed E-state index contributed by atoms with van der Waals surface area (Å²) in [5.41, 5.74) is 7.44. The molecule has 2 aromatic rings. The van der Waals surface area contributed by atoms with Crippen LogP contribution in [0, 0.1) is 0 Å². The van der Waals surface area contributed by atoms with Crippen LogP contribution >= 0.6 is 11.8 Å². The molecule has 0 saturated heterocycles. The summed E-state index contributed by atoms with van der Waals surface area (Å²) >= 11 is 1.81. The van der Waals surface area contributed by atoms with E-state index >= 15 is 0 Å². The van der Waals surface area contributed by atoms with Crippen molar-refractivity contribution >= 4 is 28.5 Å². The van der Waals surface area contributed by atoms with E-state index in [0.717, 1.165) is 23.4 Å². The second-order valence-electron chi connectivity index (χ2n) is 3.76. The van der Waals surface area contributed by atoms with E-state index in [4.69, 9.17) is 10.9 Å². The average Bonchev–Trinajstić information content (AvgIpc) is 2.77. The molecular weight excluding hydrogens is 234 g/mol. The van der Waals surface area contributed by atoms with Gasteiger partial charge in [-0.2, -0.15) is 11.8 Å². The van der Waals surface area contributed by atoms with Gasteiger partial charge in [0.15, 0.2) is 5.84 Å². The number of nitrogens with zero attached hydrogens (tertiary/aromatic N) is 2. The van der Waals surface area contributed by atoms with Crippen molar-refractivity contribution in [2.45, 2.75) is 6.54 Å². The molecule has 0 aliphatic carbocycles. The quantitative estimate of drug-likeness (QED) is 0.377. The van der Waals surface area contributed by atoms with Crippen LogP contribution in [-0.2, 0) is 6.54 Å². The van der Waals surface area contributed by atoms with Crippen molar-refractivity contribution in [2.24, 2.45) is 10.9 Å². The van der Waals surface area contributed by atoms with Gasteiger partial charge in [-0.25, -0.2) is 0 Å². The molecule has 0 radical (unpaired) electrons. The maximum atomic E-state index is 8.67. The fraction of sp³-hybridized carbons (Fsp3) is 0.250. The normalized spacial score (nSPS) is 12.2. The van der Waals surface area contributed by atoms with Gasteiger partial charge in [-0.3, -0.25) is 0 Å². The molecule has 5 heteroatoms. The zero-order valence-electron chi connectivity index (χ0n) is 9.63. The van der Waals surface area contributed by atoms with Gasteiger partial charge in [0.25, 0.3) is 0 Å². The number of oxime groups is 1. The minimum Gasteiger partial charge on any atom is -0.409 e. The molecule has 0 fully saturated rings. The first kappa shape index (κ1) is 11.9. The lowest BCUT2D eigenvalue weighted by molar-refractivity contribution is 0.318. The number of hydrogen-bond acceptors (Lipinski definition) is 3. The number of fused-ring (bicyclic) bond motifs is 1. The summed E-state index contributed by atoms with van der Waals surface area (Å²) in [6, 6.07) is 7.87. The lowest BCUT2D eigenvalue weighted by Crippen LogP contribution is -2.13. The Morgan fingerprint density at radius 3 is 3.00 bits per heavy atom. The molecule has 4 nitrogen and oxygen atoms in total. The van der Waals surface area contributed by atoms with Gasteiger partial charge in [-0.05, 0) is 23.8 Å². The van der Waals surface area contributed by atoms with E-state index in [2.05, 4.69) is 28.2 Å². The zero-order chi connectivity index (χ0) is 12.3. The third-order valence-electron chi connectivity index (χ3n) is 2.71. The van der Waals surface area contributed by atoms with Gasteiger partial charge in [0.2, 0.25) is 0 Å². The molecule has 1 heterocycles. The molecule has 0 bridgehead atoms. The number of hydrogen-bond donors (Lipinski definition) is 2. The van der Waals surface area contributed by atoms with E-state index in [1.165, 1.54) is 5.39 Å². The van der Waals surface area contributed by atoms with E-state index in [0.29, 0.717) is 0 Å². The Kier molecular flexibility index (Phi) is 3.58. The summed E-state index contributed by atoms with van der Waals surface area (Å²) in [5, 5.41) is 12.9. The van der Waals surface area contributed by atoms with Crippen molar-refractivity contribution in [2.75, 3.05) is 12.0 Å². The first-order valence-corrected chi connectivity index (χ1v) is 6.71. The van der Waals surface area contributed by atoms with Crippen LogP contribution in [0.25, 0.3) is 10.9 Å². The Labute approximate surface area is 104 Å². The zero-order valence-corrected chi connectivity index (χ0v) is 10.4. The summed E-state index contributed by atoms with van der Waals surface area (Å²) in [6.45, 7) is 0.963. The number of rotatable bonds is 4. The third-order valence-corrected chi connectivity index (χ3v) is 3.30. The molecule has 1 aromatic carbocycles. The van der Waals surface area contributed by atoms with Crippen molar-refractivity contribution in [3.05, 3.63) is 36.0 Å². The topological polar surface area (TPSA) is 63.5 Å². The lowest BCUT2D eigenvalue weighted by Gasteiger charge is -2.05. The Balaban J connectivity index is 2.43. The molecule has 2 rings (SSSR count). The summed E-state index contributed by atoms with van der Waals surface area (Å²) in [7, 11) is 0. The molecule has 0 spiro atoms. The standard InChI is InChI=1S/C12H15N3OS/c1-17-7-6-15-5-4-9-2-3-10(8-11(9)15)12(13)14-16/h2-5,8,16H,6-7H2,1H3,(H2,13,14). The highest BCUT2D eigenvalue weighted by atomic mass is 32.2. The van der Waals surface area contributed by atoms with Gasteiger partial charge in [0, 0.05) is 29.6 Å². The molecule has 1 aromatic heterocycles. The average molecular weight is 249 g/mol. The predicted octanol–water partition coefficient (Wildman–Crippen LogP) is 2.10. The van der Waals surface area contributed by atoms with Crippen LogP contribution in [0.5, 0.6) is 0 Å². The molecule has 0 aliphatic heterocycles. The fourth-order valence-corrected chi connectivity index (χ4v) is 2.16. The first-order chi connectivity index (χ1) is 8.26. The molecule has 0 amide bonds. The molecular formula is C12H15N3OS. The van der Waals surface area contributed by atoms with Gasteiger partial charge < -0.3 is 15.5 Å². The minimum absolute atomic E-state index is 0.143. The molecule has 90 valence electrons. The number of thioether (sulfide) groups is 1. The Morgan fingerprint density at radius 2 is 2.29 bits per heavy atom. The Morgan fingerprint density at radius 1 is 1.47 bits per heavy atom. The Bertz CT molecular complexity index is 548. The largest absolute Gasteiger partial charge is 0.409 e. The van der Waals surface area contributed by atoms with Crippen LogP contribution in [0.1, 0.15) is 5.56 Å². The fourth-order valence-electron chi connectivity index (χ4n) is 1.79. The molecule has 0 aliphatic rings.